The van der Waals surface area contributed by atoms with Gasteiger partial charge in [-0.2, -0.15) is 0 Å². The zero-order chi connectivity index (χ0) is 28.5. The molecule has 1 saturated carbocycles. The molecule has 1 saturated heterocycles. The Balaban J connectivity index is 2.05. The molecule has 21 heteroatoms. The highest BCUT2D eigenvalue weighted by Gasteiger charge is 2.53. The van der Waals surface area contributed by atoms with E-state index in [2.05, 4.69) is 50.1 Å². The lowest BCUT2D eigenvalue weighted by molar-refractivity contribution is -0.305. The fraction of sp³-hybridized carbons (Fsp3) is 0.889. The van der Waals surface area contributed by atoms with Gasteiger partial charge >= 0.3 is 0 Å². The van der Waals surface area contributed by atoms with Gasteiger partial charge in [-0.05, 0) is 41.0 Å². The van der Waals surface area contributed by atoms with Crippen molar-refractivity contribution in [2.75, 3.05) is 6.54 Å². The van der Waals surface area contributed by atoms with Gasteiger partial charge in [0, 0.05) is 36.5 Å². The predicted molar refractivity (Wildman–Crippen MR) is 129 cm³/mol. The van der Waals surface area contributed by atoms with Crippen molar-refractivity contribution in [3.8, 4) is 0 Å². The summed E-state index contributed by atoms with van der Waals surface area (Å²) in [6.45, 7) is 1.34. The van der Waals surface area contributed by atoms with E-state index in [1.165, 1.54) is 19.1 Å². The van der Waals surface area contributed by atoms with Crippen molar-refractivity contribution in [2.24, 2.45) is 31.5 Å². The normalized spacial score (nSPS) is 41.4. The van der Waals surface area contributed by atoms with Crippen molar-refractivity contribution in [1.82, 2.24) is 0 Å². The summed E-state index contributed by atoms with van der Waals surface area (Å²) in [4.78, 5) is 13.8. The highest BCUT2D eigenvalue weighted by molar-refractivity contribution is 5.13. The quantitative estimate of drug-likeness (QED) is 0.168. The molecule has 2 heterocycles. The van der Waals surface area contributed by atoms with E-state index >= 15 is 0 Å². The average Bonchev–Trinajstić information content (AvgIpc) is 2.92. The number of ether oxygens (including phenoxy) is 3. The number of aliphatic hydroxyl groups excluding tert-OH is 3. The standard InChI is InChI=1S/C18H25N15O6/c1-6-12(28-33-23)14(35)15(36)18(37-6)39-17-11(9(26-31-21)4-10(13(17)34)27-32-22)16-8(25-30-20)3-2-7(38-16)5-24-29-19/h2-3,6-18,34-36H,4-5H2,1H3/t6-,7+,8-,9+,10-,11+,12-,13+,14+,15-,16+,17+,18+/m1/s1. The van der Waals surface area contributed by atoms with Gasteiger partial charge in [-0.25, -0.2) is 0 Å². The summed E-state index contributed by atoms with van der Waals surface area (Å²) in [5.41, 5.74) is 44.9. The van der Waals surface area contributed by atoms with Crippen LogP contribution in [0, 0.1) is 5.92 Å². The zero-order valence-electron chi connectivity index (χ0n) is 20.3. The van der Waals surface area contributed by atoms with Crippen LogP contribution in [0.1, 0.15) is 13.3 Å². The number of hydrogen-bond donors (Lipinski definition) is 3. The molecule has 0 aromatic rings. The van der Waals surface area contributed by atoms with Crippen LogP contribution < -0.4 is 0 Å². The Hall–Kier alpha value is -3.95. The first-order chi connectivity index (χ1) is 18.8. The van der Waals surface area contributed by atoms with E-state index in [0.717, 1.165) is 0 Å². The lowest BCUT2D eigenvalue weighted by atomic mass is 9.73. The Labute approximate surface area is 219 Å². The summed E-state index contributed by atoms with van der Waals surface area (Å²) >= 11 is 0. The Morgan fingerprint density at radius 3 is 2.13 bits per heavy atom. The number of aliphatic hydroxyl groups is 3. The van der Waals surface area contributed by atoms with Crippen molar-refractivity contribution < 1.29 is 29.5 Å². The second-order valence-electron chi connectivity index (χ2n) is 8.97. The Bertz CT molecular complexity index is 1160. The first-order valence-corrected chi connectivity index (χ1v) is 11.7. The molecular formula is C18H25N15O6. The van der Waals surface area contributed by atoms with Crippen molar-refractivity contribution in [3.63, 3.8) is 0 Å². The Kier molecular flexibility index (Phi) is 10.4. The highest BCUT2D eigenvalue weighted by atomic mass is 16.7. The molecule has 3 N–H and O–H groups in total. The van der Waals surface area contributed by atoms with Crippen LogP contribution in [0.4, 0.5) is 0 Å². The monoisotopic (exact) mass is 547 g/mol. The molecule has 208 valence electrons. The van der Waals surface area contributed by atoms with Crippen LogP contribution in [-0.4, -0.2) is 95.0 Å². The summed E-state index contributed by atoms with van der Waals surface area (Å²) < 4.78 is 17.7. The van der Waals surface area contributed by atoms with E-state index in [1.807, 2.05) is 0 Å². The molecule has 1 aliphatic carbocycles. The van der Waals surface area contributed by atoms with Gasteiger partial charge in [0.05, 0.1) is 61.3 Å². The van der Waals surface area contributed by atoms with Crippen molar-refractivity contribution in [1.29, 1.82) is 0 Å². The minimum Gasteiger partial charge on any atom is -0.390 e. The van der Waals surface area contributed by atoms with Gasteiger partial charge in [0.2, 0.25) is 0 Å². The summed E-state index contributed by atoms with van der Waals surface area (Å²) in [5.74, 6) is -1.09. The molecule has 0 aromatic carbocycles. The molecule has 0 radical (unpaired) electrons. The molecule has 3 aliphatic rings. The van der Waals surface area contributed by atoms with Gasteiger partial charge in [-0.3, -0.25) is 0 Å². The lowest BCUT2D eigenvalue weighted by Crippen LogP contribution is -2.63. The molecule has 3 rings (SSSR count). The predicted octanol–water partition coefficient (Wildman–Crippen LogP) is 2.57. The van der Waals surface area contributed by atoms with Crippen LogP contribution in [0.3, 0.4) is 0 Å². The molecular weight excluding hydrogens is 522 g/mol. The maximum Gasteiger partial charge on any atom is 0.186 e. The topological polar surface area (TPSA) is 332 Å². The maximum absolute atomic E-state index is 11.2. The van der Waals surface area contributed by atoms with Crippen LogP contribution in [0.25, 0.3) is 52.2 Å². The molecule has 2 fully saturated rings. The second kappa shape index (κ2) is 13.7. The Morgan fingerprint density at radius 2 is 1.49 bits per heavy atom. The van der Waals surface area contributed by atoms with Crippen molar-refractivity contribution in [2.45, 2.75) is 86.5 Å². The summed E-state index contributed by atoms with van der Waals surface area (Å²) in [6, 6.07) is -4.34. The van der Waals surface area contributed by atoms with Crippen LogP contribution in [0.2, 0.25) is 0 Å². The first-order valence-electron chi connectivity index (χ1n) is 11.7. The molecule has 0 amide bonds. The molecule has 0 bridgehead atoms. The molecule has 0 unspecified atom stereocenters. The van der Waals surface area contributed by atoms with Crippen LogP contribution in [-0.2, 0) is 14.2 Å². The molecule has 2 aliphatic heterocycles. The number of azide groups is 5. The summed E-state index contributed by atoms with van der Waals surface area (Å²) in [7, 11) is 0. The van der Waals surface area contributed by atoms with E-state index in [-0.39, 0.29) is 13.0 Å². The third-order valence-electron chi connectivity index (χ3n) is 6.80. The van der Waals surface area contributed by atoms with Gasteiger partial charge in [0.25, 0.3) is 0 Å². The molecule has 13 atom stereocenters. The van der Waals surface area contributed by atoms with E-state index in [9.17, 15) is 20.9 Å². The molecule has 0 spiro atoms. The van der Waals surface area contributed by atoms with Gasteiger partial charge < -0.3 is 29.5 Å². The number of nitrogens with zero attached hydrogens (tertiary/aromatic N) is 15. The highest BCUT2D eigenvalue weighted by Crippen LogP contribution is 2.40. The van der Waals surface area contributed by atoms with Gasteiger partial charge in [0.15, 0.2) is 6.29 Å². The first kappa shape index (κ1) is 29.6. The fourth-order valence-corrected chi connectivity index (χ4v) is 5.04. The van der Waals surface area contributed by atoms with Crippen LogP contribution in [0.15, 0.2) is 37.7 Å². The smallest absolute Gasteiger partial charge is 0.186 e. The third kappa shape index (κ3) is 6.55. The minimum atomic E-state index is -1.75. The van der Waals surface area contributed by atoms with Gasteiger partial charge in [0.1, 0.15) is 6.10 Å². The zero-order valence-corrected chi connectivity index (χ0v) is 20.3. The largest absolute Gasteiger partial charge is 0.390 e. The van der Waals surface area contributed by atoms with Crippen LogP contribution >= 0.6 is 0 Å². The van der Waals surface area contributed by atoms with E-state index in [4.69, 9.17) is 36.3 Å². The number of rotatable bonds is 9. The molecule has 0 aromatic heterocycles. The fourth-order valence-electron chi connectivity index (χ4n) is 5.04. The van der Waals surface area contributed by atoms with Gasteiger partial charge in [-0.15, -0.1) is 0 Å². The van der Waals surface area contributed by atoms with Crippen molar-refractivity contribution in [3.05, 3.63) is 64.4 Å². The lowest BCUT2D eigenvalue weighted by Gasteiger charge is -2.49. The third-order valence-corrected chi connectivity index (χ3v) is 6.80. The SMILES string of the molecule is C[C@H]1O[C@@H](O[C@@H]2[C@@H](O)[C@H](N=[N+]=[N-])C[C@H](N=[N+]=[N-])[C@H]2[C@H]2O[C@H](CN=[N+]=[N-])C=C[C@H]2N=[N+]=[N-])[C@H](O)[C@@H](O)[C@@H]1N=[N+]=[N-]. The summed E-state index contributed by atoms with van der Waals surface area (Å²) in [5, 5.41) is 50.5. The van der Waals surface area contributed by atoms with Crippen LogP contribution in [0.5, 0.6) is 0 Å². The average molecular weight is 547 g/mol. The van der Waals surface area contributed by atoms with E-state index in [0.29, 0.717) is 0 Å². The Morgan fingerprint density at radius 1 is 0.821 bits per heavy atom. The van der Waals surface area contributed by atoms with E-state index < -0.39 is 79.1 Å². The minimum absolute atomic E-state index is 0.129. The maximum atomic E-state index is 11.2. The molecule has 21 nitrogen and oxygen atoms in total. The second-order valence-corrected chi connectivity index (χ2v) is 8.97. The number of hydrogen-bond acceptors (Lipinski definition) is 11. The van der Waals surface area contributed by atoms with Crippen molar-refractivity contribution >= 4 is 0 Å². The molecule has 39 heavy (non-hydrogen) atoms. The van der Waals surface area contributed by atoms with E-state index in [1.54, 1.807) is 0 Å². The summed E-state index contributed by atoms with van der Waals surface area (Å²) in [6.07, 6.45) is -7.89. The van der Waals surface area contributed by atoms with Gasteiger partial charge in [-0.1, -0.05) is 37.7 Å².